The summed E-state index contributed by atoms with van der Waals surface area (Å²) < 4.78 is 6.62. The molecule has 3 rings (SSSR count). The van der Waals surface area contributed by atoms with E-state index in [4.69, 9.17) is 4.74 Å². The SMILES string of the molecule is O=C(CCCOc1cccc(Br)c1)NCc1ccc2c(c1)CNC2. The zero-order valence-corrected chi connectivity index (χ0v) is 15.1. The van der Waals surface area contributed by atoms with Crippen LogP contribution in [0.5, 0.6) is 5.75 Å². The number of ether oxygens (including phenoxy) is 1. The quantitative estimate of drug-likeness (QED) is 0.713. The Morgan fingerprint density at radius 1 is 1.17 bits per heavy atom. The maximum Gasteiger partial charge on any atom is 0.220 e. The first-order valence-corrected chi connectivity index (χ1v) is 8.96. The van der Waals surface area contributed by atoms with E-state index in [-0.39, 0.29) is 5.91 Å². The van der Waals surface area contributed by atoms with Gasteiger partial charge in [0.15, 0.2) is 0 Å². The fraction of sp³-hybridized carbons (Fsp3) is 0.316. The van der Waals surface area contributed by atoms with Crippen LogP contribution >= 0.6 is 15.9 Å². The molecule has 0 bridgehead atoms. The highest BCUT2D eigenvalue weighted by Crippen LogP contribution is 2.18. The molecule has 126 valence electrons. The van der Waals surface area contributed by atoms with Gasteiger partial charge in [-0.05, 0) is 41.3 Å². The first-order chi connectivity index (χ1) is 11.7. The van der Waals surface area contributed by atoms with Crippen LogP contribution in [0.3, 0.4) is 0 Å². The van der Waals surface area contributed by atoms with Gasteiger partial charge in [-0.1, -0.05) is 40.2 Å². The number of halogens is 1. The second kappa shape index (κ2) is 8.31. The third-order valence-electron chi connectivity index (χ3n) is 4.00. The van der Waals surface area contributed by atoms with Gasteiger partial charge in [0, 0.05) is 30.5 Å². The van der Waals surface area contributed by atoms with Crippen LogP contribution in [0, 0.1) is 0 Å². The van der Waals surface area contributed by atoms with E-state index in [2.05, 4.69) is 44.8 Å². The Morgan fingerprint density at radius 3 is 2.92 bits per heavy atom. The number of hydrogen-bond donors (Lipinski definition) is 2. The predicted octanol–water partition coefficient (Wildman–Crippen LogP) is 3.53. The number of benzene rings is 2. The Bertz CT molecular complexity index is 718. The van der Waals surface area contributed by atoms with Gasteiger partial charge < -0.3 is 15.4 Å². The molecule has 0 saturated heterocycles. The van der Waals surface area contributed by atoms with Crippen molar-refractivity contribution < 1.29 is 9.53 Å². The minimum Gasteiger partial charge on any atom is -0.494 e. The molecule has 0 spiro atoms. The van der Waals surface area contributed by atoms with E-state index in [0.717, 1.165) is 28.9 Å². The lowest BCUT2D eigenvalue weighted by Gasteiger charge is -2.08. The molecule has 0 atom stereocenters. The average molecular weight is 389 g/mol. The van der Waals surface area contributed by atoms with E-state index in [9.17, 15) is 4.79 Å². The fourth-order valence-corrected chi connectivity index (χ4v) is 3.10. The van der Waals surface area contributed by atoms with Crippen LogP contribution in [0.4, 0.5) is 0 Å². The lowest BCUT2D eigenvalue weighted by Crippen LogP contribution is -2.23. The van der Waals surface area contributed by atoms with Crippen molar-refractivity contribution in [3.05, 3.63) is 63.6 Å². The van der Waals surface area contributed by atoms with Crippen molar-refractivity contribution in [3.8, 4) is 5.75 Å². The van der Waals surface area contributed by atoms with Gasteiger partial charge in [-0.15, -0.1) is 0 Å². The van der Waals surface area contributed by atoms with Crippen molar-refractivity contribution in [3.63, 3.8) is 0 Å². The molecule has 1 heterocycles. The van der Waals surface area contributed by atoms with Gasteiger partial charge >= 0.3 is 0 Å². The summed E-state index contributed by atoms with van der Waals surface area (Å²) >= 11 is 3.41. The average Bonchev–Trinajstić information content (AvgIpc) is 3.05. The summed E-state index contributed by atoms with van der Waals surface area (Å²) in [5, 5.41) is 6.30. The van der Waals surface area contributed by atoms with Gasteiger partial charge in [-0.3, -0.25) is 4.79 Å². The number of carbonyl (C=O) groups excluding carboxylic acids is 1. The first-order valence-electron chi connectivity index (χ1n) is 8.17. The molecule has 0 fully saturated rings. The second-order valence-electron chi connectivity index (χ2n) is 5.89. The number of rotatable bonds is 7. The van der Waals surface area contributed by atoms with E-state index in [0.29, 0.717) is 26.0 Å². The smallest absolute Gasteiger partial charge is 0.220 e. The molecule has 0 aromatic heterocycles. The lowest BCUT2D eigenvalue weighted by atomic mass is 10.1. The van der Waals surface area contributed by atoms with Crippen molar-refractivity contribution in [1.82, 2.24) is 10.6 Å². The van der Waals surface area contributed by atoms with Gasteiger partial charge in [0.1, 0.15) is 5.75 Å². The van der Waals surface area contributed by atoms with Crippen molar-refractivity contribution in [2.75, 3.05) is 6.61 Å². The van der Waals surface area contributed by atoms with Crippen LogP contribution in [-0.2, 0) is 24.4 Å². The Morgan fingerprint density at radius 2 is 2.04 bits per heavy atom. The topological polar surface area (TPSA) is 50.4 Å². The Labute approximate surface area is 150 Å². The molecular weight excluding hydrogens is 368 g/mol. The minimum absolute atomic E-state index is 0.0615. The van der Waals surface area contributed by atoms with Crippen LogP contribution in [0.2, 0.25) is 0 Å². The maximum atomic E-state index is 11.9. The highest BCUT2D eigenvalue weighted by Gasteiger charge is 2.10. The fourth-order valence-electron chi connectivity index (χ4n) is 2.73. The minimum atomic E-state index is 0.0615. The zero-order chi connectivity index (χ0) is 16.8. The van der Waals surface area contributed by atoms with Crippen molar-refractivity contribution in [2.24, 2.45) is 0 Å². The summed E-state index contributed by atoms with van der Waals surface area (Å²) in [5.74, 6) is 0.878. The summed E-state index contributed by atoms with van der Waals surface area (Å²) in [6.07, 6.45) is 1.17. The zero-order valence-electron chi connectivity index (χ0n) is 13.5. The molecule has 1 amide bonds. The van der Waals surface area contributed by atoms with E-state index in [1.54, 1.807) is 0 Å². The van der Waals surface area contributed by atoms with E-state index in [1.165, 1.54) is 11.1 Å². The Kier molecular flexibility index (Phi) is 5.88. The number of hydrogen-bond acceptors (Lipinski definition) is 3. The third kappa shape index (κ3) is 4.82. The Hall–Kier alpha value is -1.85. The van der Waals surface area contributed by atoms with Gasteiger partial charge in [-0.2, -0.15) is 0 Å². The molecular formula is C19H21BrN2O2. The molecule has 24 heavy (non-hydrogen) atoms. The molecule has 4 nitrogen and oxygen atoms in total. The summed E-state index contributed by atoms with van der Waals surface area (Å²) in [6, 6.07) is 14.1. The molecule has 2 aromatic rings. The van der Waals surface area contributed by atoms with Crippen molar-refractivity contribution >= 4 is 21.8 Å². The summed E-state index contributed by atoms with van der Waals surface area (Å²) in [7, 11) is 0. The first kappa shape index (κ1) is 17.0. The molecule has 0 radical (unpaired) electrons. The van der Waals surface area contributed by atoms with E-state index in [1.807, 2.05) is 24.3 Å². The van der Waals surface area contributed by atoms with Crippen LogP contribution in [0.25, 0.3) is 0 Å². The normalized spacial score (nSPS) is 12.7. The third-order valence-corrected chi connectivity index (χ3v) is 4.50. The molecule has 2 N–H and O–H groups in total. The number of amides is 1. The summed E-state index contributed by atoms with van der Waals surface area (Å²) in [5.41, 5.74) is 3.84. The summed E-state index contributed by atoms with van der Waals surface area (Å²) in [4.78, 5) is 11.9. The number of carbonyl (C=O) groups is 1. The summed E-state index contributed by atoms with van der Waals surface area (Å²) in [6.45, 7) is 2.98. The van der Waals surface area contributed by atoms with E-state index < -0.39 is 0 Å². The highest BCUT2D eigenvalue weighted by atomic mass is 79.9. The van der Waals surface area contributed by atoms with Crippen LogP contribution in [-0.4, -0.2) is 12.5 Å². The number of fused-ring (bicyclic) bond motifs is 1. The van der Waals surface area contributed by atoms with Gasteiger partial charge in [0.25, 0.3) is 0 Å². The maximum absolute atomic E-state index is 11.9. The standard InChI is InChI=1S/C19H21BrN2O2/c20-17-3-1-4-18(10-17)24-8-2-5-19(23)22-11-14-6-7-15-12-21-13-16(15)9-14/h1,3-4,6-7,9-10,21H,2,5,8,11-13H2,(H,22,23). The highest BCUT2D eigenvalue weighted by molar-refractivity contribution is 9.10. The second-order valence-corrected chi connectivity index (χ2v) is 6.81. The van der Waals surface area contributed by atoms with Crippen LogP contribution in [0.15, 0.2) is 46.9 Å². The Balaban J connectivity index is 1.35. The molecule has 1 aliphatic rings. The van der Waals surface area contributed by atoms with Crippen LogP contribution < -0.4 is 15.4 Å². The molecule has 0 aliphatic carbocycles. The molecule has 1 aliphatic heterocycles. The molecule has 0 saturated carbocycles. The van der Waals surface area contributed by atoms with E-state index >= 15 is 0 Å². The van der Waals surface area contributed by atoms with Crippen molar-refractivity contribution in [1.29, 1.82) is 0 Å². The molecule has 2 aromatic carbocycles. The van der Waals surface area contributed by atoms with Crippen LogP contribution in [0.1, 0.15) is 29.5 Å². The number of nitrogens with one attached hydrogen (secondary N) is 2. The van der Waals surface area contributed by atoms with Gasteiger partial charge in [0.05, 0.1) is 6.61 Å². The largest absolute Gasteiger partial charge is 0.494 e. The monoisotopic (exact) mass is 388 g/mol. The predicted molar refractivity (Wildman–Crippen MR) is 97.7 cm³/mol. The van der Waals surface area contributed by atoms with Gasteiger partial charge in [-0.25, -0.2) is 0 Å². The molecule has 5 heteroatoms. The van der Waals surface area contributed by atoms with Gasteiger partial charge in [0.2, 0.25) is 5.91 Å². The molecule has 0 unspecified atom stereocenters. The lowest BCUT2D eigenvalue weighted by molar-refractivity contribution is -0.121. The van der Waals surface area contributed by atoms with Crippen molar-refractivity contribution in [2.45, 2.75) is 32.5 Å².